The highest BCUT2D eigenvalue weighted by atomic mass is 35.5. The first kappa shape index (κ1) is 19.6. The first-order valence-electron chi connectivity index (χ1n) is 7.37. The van der Waals surface area contributed by atoms with Crippen molar-refractivity contribution in [3.05, 3.63) is 51.3 Å². The number of ether oxygens (including phenoxy) is 1. The molecule has 0 spiro atoms. The van der Waals surface area contributed by atoms with Crippen molar-refractivity contribution in [3.63, 3.8) is 0 Å². The van der Waals surface area contributed by atoms with Crippen molar-refractivity contribution in [1.82, 2.24) is 15.1 Å². The molecule has 0 radical (unpaired) electrons. The van der Waals surface area contributed by atoms with Crippen molar-refractivity contribution >= 4 is 29.1 Å². The molecule has 0 saturated heterocycles. The molecule has 2 aromatic rings. The summed E-state index contributed by atoms with van der Waals surface area (Å²) in [7, 11) is 2.96. The van der Waals surface area contributed by atoms with E-state index >= 15 is 0 Å². The van der Waals surface area contributed by atoms with Crippen LogP contribution in [-0.2, 0) is 18.2 Å². The molecule has 1 aromatic carbocycles. The number of alkyl halides is 2. The smallest absolute Gasteiger partial charge is 0.282 e. The normalized spacial score (nSPS) is 12.4. The number of benzene rings is 1. The third kappa shape index (κ3) is 5.14. The second kappa shape index (κ2) is 8.60. The molecule has 0 fully saturated rings. The number of amides is 1. The molecule has 0 aliphatic rings. The van der Waals surface area contributed by atoms with Gasteiger partial charge in [0.1, 0.15) is 5.69 Å². The SMILES string of the molecule is COC[C@H](Cc1ccc(Cl)cc1Cl)NC(=O)c1cn(C)nc1C(F)F. The average Bonchev–Trinajstić information content (AvgIpc) is 2.92. The number of nitrogens with one attached hydrogen (secondary N) is 1. The van der Waals surface area contributed by atoms with E-state index in [9.17, 15) is 13.6 Å². The topological polar surface area (TPSA) is 56.1 Å². The van der Waals surface area contributed by atoms with Crippen molar-refractivity contribution < 1.29 is 18.3 Å². The Kier molecular flexibility index (Phi) is 6.75. The van der Waals surface area contributed by atoms with Gasteiger partial charge in [-0.3, -0.25) is 9.48 Å². The molecule has 5 nitrogen and oxygen atoms in total. The lowest BCUT2D eigenvalue weighted by Gasteiger charge is -2.19. The van der Waals surface area contributed by atoms with Crippen LogP contribution in [0, 0.1) is 0 Å². The molecular formula is C16H17Cl2F2N3O2. The van der Waals surface area contributed by atoms with E-state index < -0.39 is 24.1 Å². The van der Waals surface area contributed by atoms with Crippen LogP contribution >= 0.6 is 23.2 Å². The number of aromatic nitrogens is 2. The molecule has 25 heavy (non-hydrogen) atoms. The number of nitrogens with zero attached hydrogens (tertiary/aromatic N) is 2. The van der Waals surface area contributed by atoms with E-state index in [1.165, 1.54) is 25.0 Å². The molecule has 0 bridgehead atoms. The summed E-state index contributed by atoms with van der Waals surface area (Å²) in [5.74, 6) is -0.643. The van der Waals surface area contributed by atoms with Gasteiger partial charge in [-0.25, -0.2) is 8.78 Å². The third-order valence-electron chi connectivity index (χ3n) is 3.49. The van der Waals surface area contributed by atoms with Crippen LogP contribution < -0.4 is 5.32 Å². The number of aryl methyl sites for hydroxylation is 1. The summed E-state index contributed by atoms with van der Waals surface area (Å²) in [5.41, 5.74) is 0.0372. The highest BCUT2D eigenvalue weighted by molar-refractivity contribution is 6.35. The second-order valence-electron chi connectivity index (χ2n) is 5.47. The Morgan fingerprint density at radius 3 is 2.72 bits per heavy atom. The van der Waals surface area contributed by atoms with Gasteiger partial charge in [0.25, 0.3) is 12.3 Å². The minimum Gasteiger partial charge on any atom is -0.383 e. The molecule has 0 aliphatic carbocycles. The fourth-order valence-electron chi connectivity index (χ4n) is 2.41. The zero-order valence-corrected chi connectivity index (χ0v) is 15.1. The lowest BCUT2D eigenvalue weighted by molar-refractivity contribution is 0.0883. The summed E-state index contributed by atoms with van der Waals surface area (Å²) in [6, 6.07) is 4.57. The molecule has 0 saturated carbocycles. The molecule has 9 heteroatoms. The van der Waals surface area contributed by atoms with Gasteiger partial charge in [-0.05, 0) is 24.1 Å². The van der Waals surface area contributed by atoms with E-state index in [1.807, 2.05) is 0 Å². The molecule has 1 amide bonds. The minimum atomic E-state index is -2.84. The van der Waals surface area contributed by atoms with E-state index in [2.05, 4.69) is 10.4 Å². The summed E-state index contributed by atoms with van der Waals surface area (Å²) in [6.45, 7) is 0.189. The summed E-state index contributed by atoms with van der Waals surface area (Å²) >= 11 is 12.0. The lowest BCUT2D eigenvalue weighted by Crippen LogP contribution is -2.40. The van der Waals surface area contributed by atoms with Gasteiger partial charge in [0.15, 0.2) is 0 Å². The van der Waals surface area contributed by atoms with Gasteiger partial charge in [0.05, 0.1) is 18.2 Å². The van der Waals surface area contributed by atoms with Crippen LogP contribution in [0.3, 0.4) is 0 Å². The molecule has 2 rings (SSSR count). The number of hydrogen-bond donors (Lipinski definition) is 1. The van der Waals surface area contributed by atoms with Crippen LogP contribution in [0.25, 0.3) is 0 Å². The fraction of sp³-hybridized carbons (Fsp3) is 0.375. The van der Waals surface area contributed by atoms with Gasteiger partial charge in [-0.2, -0.15) is 5.10 Å². The van der Waals surface area contributed by atoms with Crippen molar-refractivity contribution in [2.75, 3.05) is 13.7 Å². The van der Waals surface area contributed by atoms with E-state index in [0.29, 0.717) is 16.5 Å². The summed E-state index contributed by atoms with van der Waals surface area (Å²) in [5, 5.41) is 7.28. The molecular weight excluding hydrogens is 375 g/mol. The number of halogens is 4. The van der Waals surface area contributed by atoms with Gasteiger partial charge in [-0.15, -0.1) is 0 Å². The summed E-state index contributed by atoms with van der Waals surface area (Å²) in [4.78, 5) is 12.4. The number of carbonyl (C=O) groups excluding carboxylic acids is 1. The first-order chi connectivity index (χ1) is 11.8. The molecule has 1 N–H and O–H groups in total. The van der Waals surface area contributed by atoms with Crippen LogP contribution in [0.15, 0.2) is 24.4 Å². The lowest BCUT2D eigenvalue weighted by atomic mass is 10.1. The number of methoxy groups -OCH3 is 1. The molecule has 0 aliphatic heterocycles. The van der Waals surface area contributed by atoms with E-state index in [4.69, 9.17) is 27.9 Å². The minimum absolute atomic E-state index is 0.166. The van der Waals surface area contributed by atoms with Gasteiger partial charge < -0.3 is 10.1 Å². The highest BCUT2D eigenvalue weighted by Crippen LogP contribution is 2.23. The maximum atomic E-state index is 13.0. The fourth-order valence-corrected chi connectivity index (χ4v) is 2.90. The zero-order chi connectivity index (χ0) is 18.6. The number of hydrogen-bond acceptors (Lipinski definition) is 3. The predicted octanol–water partition coefficient (Wildman–Crippen LogP) is 3.65. The molecule has 0 unspecified atom stereocenters. The maximum absolute atomic E-state index is 13.0. The maximum Gasteiger partial charge on any atom is 0.282 e. The molecule has 136 valence electrons. The third-order valence-corrected chi connectivity index (χ3v) is 4.08. The monoisotopic (exact) mass is 391 g/mol. The Hall–Kier alpha value is -1.70. The van der Waals surface area contributed by atoms with Crippen LogP contribution in [0.1, 0.15) is 28.0 Å². The van der Waals surface area contributed by atoms with Gasteiger partial charge in [0, 0.05) is 30.4 Å². The zero-order valence-electron chi connectivity index (χ0n) is 13.6. The van der Waals surface area contributed by atoms with Gasteiger partial charge in [0.2, 0.25) is 0 Å². The van der Waals surface area contributed by atoms with E-state index in [1.54, 1.807) is 18.2 Å². The van der Waals surface area contributed by atoms with Crippen LogP contribution in [0.5, 0.6) is 0 Å². The molecule has 1 atom stereocenters. The summed E-state index contributed by atoms with van der Waals surface area (Å²) < 4.78 is 32.3. The standard InChI is InChI=1S/C16H17Cl2F2N3O2/c1-23-7-12(14(22-23)15(19)20)16(24)21-11(8-25-2)5-9-3-4-10(17)6-13(9)18/h3-4,6-7,11,15H,5,8H2,1-2H3,(H,21,24)/t11-/m0/s1. The van der Waals surface area contributed by atoms with Crippen molar-refractivity contribution in [2.45, 2.75) is 18.9 Å². The quantitative estimate of drug-likeness (QED) is 0.783. The Morgan fingerprint density at radius 1 is 1.40 bits per heavy atom. The van der Waals surface area contributed by atoms with Gasteiger partial charge >= 0.3 is 0 Å². The molecule has 1 heterocycles. The van der Waals surface area contributed by atoms with Crippen LogP contribution in [0.4, 0.5) is 8.78 Å². The first-order valence-corrected chi connectivity index (χ1v) is 8.12. The summed E-state index contributed by atoms with van der Waals surface area (Å²) in [6.07, 6.45) is -1.22. The van der Waals surface area contributed by atoms with E-state index in [-0.39, 0.29) is 12.2 Å². The Labute approximate surface area is 153 Å². The van der Waals surface area contributed by atoms with E-state index in [0.717, 1.165) is 5.56 Å². The van der Waals surface area contributed by atoms with Crippen LogP contribution in [0.2, 0.25) is 10.0 Å². The van der Waals surface area contributed by atoms with Crippen molar-refractivity contribution in [2.24, 2.45) is 7.05 Å². The Morgan fingerprint density at radius 2 is 2.12 bits per heavy atom. The molecule has 1 aromatic heterocycles. The van der Waals surface area contributed by atoms with Crippen molar-refractivity contribution in [3.8, 4) is 0 Å². The average molecular weight is 392 g/mol. The van der Waals surface area contributed by atoms with Crippen molar-refractivity contribution in [1.29, 1.82) is 0 Å². The highest BCUT2D eigenvalue weighted by Gasteiger charge is 2.24. The number of rotatable bonds is 7. The van der Waals surface area contributed by atoms with Crippen LogP contribution in [-0.4, -0.2) is 35.4 Å². The largest absolute Gasteiger partial charge is 0.383 e. The van der Waals surface area contributed by atoms with Gasteiger partial charge in [-0.1, -0.05) is 29.3 Å². The predicted molar refractivity (Wildman–Crippen MR) is 91.5 cm³/mol. The Bertz CT molecular complexity index is 753. The second-order valence-corrected chi connectivity index (χ2v) is 6.31. The number of carbonyl (C=O) groups is 1. The Balaban J connectivity index is 2.17.